The minimum absolute atomic E-state index is 0.0491. The minimum atomic E-state index is -0.768. The van der Waals surface area contributed by atoms with Crippen LogP contribution in [-0.2, 0) is 25.8 Å². The first kappa shape index (κ1) is 25.7. The molecule has 2 bridgehead atoms. The van der Waals surface area contributed by atoms with Crippen molar-refractivity contribution in [2.75, 3.05) is 26.3 Å². The van der Waals surface area contributed by atoms with Gasteiger partial charge >= 0.3 is 5.97 Å². The van der Waals surface area contributed by atoms with Gasteiger partial charge in [0.15, 0.2) is 0 Å². The van der Waals surface area contributed by atoms with E-state index in [1.807, 2.05) is 24.3 Å². The summed E-state index contributed by atoms with van der Waals surface area (Å²) in [6.07, 6.45) is 2.75. The number of aliphatic hydroxyl groups excluding tert-OH is 1. The summed E-state index contributed by atoms with van der Waals surface area (Å²) in [6, 6.07) is 6.76. The van der Waals surface area contributed by atoms with Crippen LogP contribution in [0.5, 0.6) is 0 Å². The molecule has 0 aliphatic carbocycles. The molecule has 1 aromatic carbocycles. The highest BCUT2D eigenvalue weighted by Gasteiger charge is 2.76. The first-order valence-corrected chi connectivity index (χ1v) is 13.7. The van der Waals surface area contributed by atoms with Crippen LogP contribution in [-0.4, -0.2) is 90.0 Å². The Morgan fingerprint density at radius 1 is 1.38 bits per heavy atom. The number of aromatic nitrogens is 3. The van der Waals surface area contributed by atoms with Gasteiger partial charge in [-0.2, -0.15) is 0 Å². The van der Waals surface area contributed by atoms with Crippen LogP contribution in [0.2, 0.25) is 0 Å². The highest BCUT2D eigenvalue weighted by atomic mass is 32.2. The molecule has 1 N–H and O–H groups in total. The van der Waals surface area contributed by atoms with E-state index in [0.29, 0.717) is 6.42 Å². The number of ether oxygens (including phenoxy) is 1. The molecule has 37 heavy (non-hydrogen) atoms. The van der Waals surface area contributed by atoms with Gasteiger partial charge in [-0.15, -0.1) is 23.4 Å². The van der Waals surface area contributed by atoms with E-state index in [2.05, 4.69) is 23.8 Å². The van der Waals surface area contributed by atoms with Crippen molar-refractivity contribution >= 4 is 40.6 Å². The van der Waals surface area contributed by atoms with Crippen LogP contribution >= 0.6 is 11.8 Å². The molecule has 0 saturated carbocycles. The molecule has 3 aliphatic rings. The molecule has 2 aromatic rings. The molecule has 6 atom stereocenters. The van der Waals surface area contributed by atoms with Crippen LogP contribution in [0, 0.1) is 17.8 Å². The third-order valence-electron chi connectivity index (χ3n) is 7.98. The predicted octanol–water partition coefficient (Wildman–Crippen LogP) is 1.69. The maximum absolute atomic E-state index is 14.4. The number of amides is 2. The Morgan fingerprint density at radius 3 is 2.89 bits per heavy atom. The van der Waals surface area contributed by atoms with Gasteiger partial charge in [-0.3, -0.25) is 14.4 Å². The monoisotopic (exact) mass is 527 g/mol. The molecular weight excluding hydrogens is 494 g/mol. The van der Waals surface area contributed by atoms with Gasteiger partial charge in [0.25, 0.3) is 0 Å². The number of hydrogen-bond donors (Lipinski definition) is 1. The van der Waals surface area contributed by atoms with Gasteiger partial charge in [-0.25, -0.2) is 4.68 Å². The molecule has 198 valence electrons. The average Bonchev–Trinajstić information content (AvgIpc) is 3.60. The second-order valence-electron chi connectivity index (χ2n) is 9.98. The Bertz CT molecular complexity index is 1220. The van der Waals surface area contributed by atoms with Crippen molar-refractivity contribution in [1.82, 2.24) is 24.8 Å². The number of carbonyl (C=O) groups is 3. The Hall–Kier alpha value is -2.92. The fraction of sp³-hybridized carbons (Fsp3) is 0.577. The number of thioether (sulfide) groups is 1. The molecule has 3 aliphatic heterocycles. The Balaban J connectivity index is 1.54. The van der Waals surface area contributed by atoms with E-state index in [1.54, 1.807) is 39.2 Å². The summed E-state index contributed by atoms with van der Waals surface area (Å²) in [7, 11) is 0. The van der Waals surface area contributed by atoms with E-state index in [1.165, 1.54) is 0 Å². The number of hydrogen-bond acceptors (Lipinski definition) is 8. The molecule has 1 spiro atoms. The number of para-hydroxylation sites is 1. The highest BCUT2D eigenvalue weighted by Crippen LogP contribution is 2.68. The Labute approximate surface area is 220 Å². The molecular formula is C26H33N5O5S. The van der Waals surface area contributed by atoms with Crippen molar-refractivity contribution < 1.29 is 24.2 Å². The fourth-order valence-electron chi connectivity index (χ4n) is 6.52. The normalized spacial score (nSPS) is 30.1. The summed E-state index contributed by atoms with van der Waals surface area (Å²) in [5.74, 6) is -1.92. The lowest BCUT2D eigenvalue weighted by Crippen LogP contribution is -2.57. The lowest BCUT2D eigenvalue weighted by Gasteiger charge is -2.40. The molecule has 11 heteroatoms. The smallest absolute Gasteiger partial charge is 0.310 e. The summed E-state index contributed by atoms with van der Waals surface area (Å²) < 4.78 is 6.32. The number of benzene rings is 1. The molecule has 5 rings (SSSR count). The molecule has 3 fully saturated rings. The van der Waals surface area contributed by atoms with Crippen LogP contribution in [0.1, 0.15) is 26.7 Å². The van der Waals surface area contributed by atoms with E-state index in [-0.39, 0.29) is 61.9 Å². The Morgan fingerprint density at radius 2 is 2.16 bits per heavy atom. The van der Waals surface area contributed by atoms with Crippen LogP contribution in [0.15, 0.2) is 36.9 Å². The van der Waals surface area contributed by atoms with Crippen LogP contribution in [0.4, 0.5) is 0 Å². The van der Waals surface area contributed by atoms with E-state index < -0.39 is 22.6 Å². The third kappa shape index (κ3) is 3.94. The molecule has 10 nitrogen and oxygen atoms in total. The Kier molecular flexibility index (Phi) is 7.01. The maximum Gasteiger partial charge on any atom is 0.310 e. The lowest BCUT2D eigenvalue weighted by molar-refractivity contribution is -0.154. The zero-order valence-corrected chi connectivity index (χ0v) is 22.0. The number of rotatable bonds is 10. The van der Waals surface area contributed by atoms with Gasteiger partial charge in [-0.05, 0) is 37.8 Å². The minimum Gasteiger partial charge on any atom is -0.466 e. The van der Waals surface area contributed by atoms with Gasteiger partial charge in [0.2, 0.25) is 11.8 Å². The van der Waals surface area contributed by atoms with Crippen molar-refractivity contribution in [3.8, 4) is 0 Å². The molecule has 3 unspecified atom stereocenters. The summed E-state index contributed by atoms with van der Waals surface area (Å²) in [5.41, 5.74) is 1.52. The summed E-state index contributed by atoms with van der Waals surface area (Å²) >= 11 is 1.61. The molecule has 2 amide bonds. The van der Waals surface area contributed by atoms with Crippen molar-refractivity contribution in [2.24, 2.45) is 17.8 Å². The zero-order chi connectivity index (χ0) is 26.3. The number of carbonyl (C=O) groups excluding carboxylic acids is 3. The predicted molar refractivity (Wildman–Crippen MR) is 138 cm³/mol. The second kappa shape index (κ2) is 10.1. The van der Waals surface area contributed by atoms with Crippen molar-refractivity contribution in [1.29, 1.82) is 0 Å². The van der Waals surface area contributed by atoms with E-state index in [4.69, 9.17) is 4.74 Å². The van der Waals surface area contributed by atoms with Gasteiger partial charge in [0.05, 0.1) is 28.7 Å². The largest absolute Gasteiger partial charge is 0.466 e. The topological polar surface area (TPSA) is 118 Å². The molecule has 1 aromatic heterocycles. The maximum atomic E-state index is 14.4. The highest BCUT2D eigenvalue weighted by molar-refractivity contribution is 8.02. The van der Waals surface area contributed by atoms with Gasteiger partial charge < -0.3 is 19.6 Å². The van der Waals surface area contributed by atoms with Crippen molar-refractivity contribution in [3.05, 3.63) is 36.9 Å². The number of nitrogens with zero attached hydrogens (tertiary/aromatic N) is 5. The molecule has 4 heterocycles. The van der Waals surface area contributed by atoms with Gasteiger partial charge in [0.1, 0.15) is 18.2 Å². The standard InChI is InChI=1S/C26H33N5O5S/c1-4-11-29(15-31-18-10-7-6-9-17(18)27-28-31)24(34)22-26-16(3)14-19(37-26)20(25(35)36-5-2)21(26)23(33)30(22)12-8-13-32/h4,6-7,9-10,16,19-22,32H,1,5,8,11-15H2,2-3H3/t16?,19-,20+,21+,22?,26?/m1/s1. The fourth-order valence-corrected chi connectivity index (χ4v) is 8.92. The van der Waals surface area contributed by atoms with Crippen LogP contribution in [0.3, 0.4) is 0 Å². The lowest BCUT2D eigenvalue weighted by atomic mass is 9.66. The zero-order valence-electron chi connectivity index (χ0n) is 21.2. The number of aliphatic hydroxyl groups is 1. The van der Waals surface area contributed by atoms with Crippen LogP contribution in [0.25, 0.3) is 11.0 Å². The van der Waals surface area contributed by atoms with Gasteiger partial charge in [-0.1, -0.05) is 30.3 Å². The van der Waals surface area contributed by atoms with Crippen LogP contribution < -0.4 is 0 Å². The van der Waals surface area contributed by atoms with Gasteiger partial charge in [0, 0.05) is 24.9 Å². The molecule has 0 radical (unpaired) electrons. The van der Waals surface area contributed by atoms with E-state index in [9.17, 15) is 19.5 Å². The quantitative estimate of drug-likeness (QED) is 0.366. The van der Waals surface area contributed by atoms with Crippen molar-refractivity contribution in [2.45, 2.75) is 49.4 Å². The number of fused-ring (bicyclic) bond motifs is 2. The summed E-state index contributed by atoms with van der Waals surface area (Å²) in [4.78, 5) is 44.6. The molecule has 3 saturated heterocycles. The average molecular weight is 528 g/mol. The van der Waals surface area contributed by atoms with E-state index >= 15 is 0 Å². The number of likely N-dealkylation sites (tertiary alicyclic amines) is 1. The number of esters is 1. The summed E-state index contributed by atoms with van der Waals surface area (Å²) in [6.45, 7) is 8.47. The first-order chi connectivity index (χ1) is 17.9. The second-order valence-corrected chi connectivity index (χ2v) is 11.5. The van der Waals surface area contributed by atoms with Crippen molar-refractivity contribution in [3.63, 3.8) is 0 Å². The SMILES string of the molecule is C=CCN(Cn1nnc2ccccc21)C(=O)C1N(CCCO)C(=O)[C@@H]2[C@@H](C(=O)OCC)[C@H]3CC(C)C12S3. The van der Waals surface area contributed by atoms with E-state index in [0.717, 1.165) is 17.5 Å². The first-order valence-electron chi connectivity index (χ1n) is 12.8. The summed E-state index contributed by atoms with van der Waals surface area (Å²) in [5, 5.41) is 17.9. The third-order valence-corrected chi connectivity index (χ3v) is 10.1.